The SMILES string of the molecule is CN=C(NCCOC1CCCCCC1)NCc1ccc(OCC(F)(F)F)nc1.I. The minimum absolute atomic E-state index is 0. The van der Waals surface area contributed by atoms with Crippen molar-refractivity contribution in [1.82, 2.24) is 15.6 Å². The van der Waals surface area contributed by atoms with Gasteiger partial charge in [-0.25, -0.2) is 4.98 Å². The zero-order valence-corrected chi connectivity index (χ0v) is 19.0. The predicted octanol–water partition coefficient (Wildman–Crippen LogP) is 4.05. The number of hydrogen-bond donors (Lipinski definition) is 2. The molecule has 0 aliphatic heterocycles. The number of nitrogens with one attached hydrogen (secondary N) is 2. The zero-order valence-electron chi connectivity index (χ0n) is 16.6. The fourth-order valence-corrected chi connectivity index (χ4v) is 2.97. The number of nitrogens with zero attached hydrogens (tertiary/aromatic N) is 2. The molecule has 0 aromatic carbocycles. The Labute approximate surface area is 187 Å². The van der Waals surface area contributed by atoms with Gasteiger partial charge in [0.15, 0.2) is 12.6 Å². The Morgan fingerprint density at radius 2 is 1.90 bits per heavy atom. The first-order chi connectivity index (χ1) is 13.5. The third kappa shape index (κ3) is 11.5. The van der Waals surface area contributed by atoms with Crippen LogP contribution in [0.25, 0.3) is 0 Å². The first-order valence-corrected chi connectivity index (χ1v) is 9.67. The predicted molar refractivity (Wildman–Crippen MR) is 117 cm³/mol. The topological polar surface area (TPSA) is 67.8 Å². The number of alkyl halides is 3. The van der Waals surface area contributed by atoms with Gasteiger partial charge in [0.1, 0.15) is 0 Å². The highest BCUT2D eigenvalue weighted by Crippen LogP contribution is 2.19. The molecule has 166 valence electrons. The molecule has 29 heavy (non-hydrogen) atoms. The molecule has 0 bridgehead atoms. The highest BCUT2D eigenvalue weighted by Gasteiger charge is 2.28. The van der Waals surface area contributed by atoms with Crippen molar-refractivity contribution in [2.45, 2.75) is 57.3 Å². The molecule has 1 aromatic rings. The molecule has 0 saturated heterocycles. The Kier molecular flexibility index (Phi) is 12.3. The normalized spacial score (nSPS) is 15.9. The first kappa shape index (κ1) is 25.7. The molecule has 1 aromatic heterocycles. The summed E-state index contributed by atoms with van der Waals surface area (Å²) in [4.78, 5) is 8.02. The number of ether oxygens (including phenoxy) is 2. The van der Waals surface area contributed by atoms with E-state index in [1.165, 1.54) is 37.9 Å². The molecular weight excluding hydrogens is 500 g/mol. The van der Waals surface area contributed by atoms with Crippen molar-refractivity contribution in [1.29, 1.82) is 0 Å². The van der Waals surface area contributed by atoms with Gasteiger partial charge in [0.25, 0.3) is 0 Å². The summed E-state index contributed by atoms with van der Waals surface area (Å²) in [5, 5.41) is 6.32. The molecule has 2 N–H and O–H groups in total. The molecule has 1 heterocycles. The molecule has 1 aliphatic carbocycles. The van der Waals surface area contributed by atoms with Gasteiger partial charge in [-0.05, 0) is 18.4 Å². The van der Waals surface area contributed by atoms with E-state index >= 15 is 0 Å². The molecule has 10 heteroatoms. The highest BCUT2D eigenvalue weighted by molar-refractivity contribution is 14.0. The Bertz CT molecular complexity index is 592. The summed E-state index contributed by atoms with van der Waals surface area (Å²) >= 11 is 0. The summed E-state index contributed by atoms with van der Waals surface area (Å²) in [6, 6.07) is 3.08. The molecular formula is C19H30F3IN4O2. The number of halogens is 4. The van der Waals surface area contributed by atoms with Gasteiger partial charge in [-0.3, -0.25) is 4.99 Å². The quantitative estimate of drug-likeness (QED) is 0.175. The second kappa shape index (κ2) is 13.8. The average Bonchev–Trinajstić information content (AvgIpc) is 2.95. The lowest BCUT2D eigenvalue weighted by atomic mass is 10.1. The van der Waals surface area contributed by atoms with E-state index in [1.54, 1.807) is 13.1 Å². The van der Waals surface area contributed by atoms with Crippen LogP contribution in [0.5, 0.6) is 5.88 Å². The van der Waals surface area contributed by atoms with E-state index in [9.17, 15) is 13.2 Å². The number of aliphatic imine (C=N–C) groups is 1. The molecule has 1 fully saturated rings. The maximum Gasteiger partial charge on any atom is 0.422 e. The third-order valence-electron chi connectivity index (χ3n) is 4.42. The lowest BCUT2D eigenvalue weighted by Gasteiger charge is -2.17. The zero-order chi connectivity index (χ0) is 20.2. The van der Waals surface area contributed by atoms with E-state index in [4.69, 9.17) is 4.74 Å². The van der Waals surface area contributed by atoms with Crippen LogP contribution < -0.4 is 15.4 Å². The number of pyridine rings is 1. The van der Waals surface area contributed by atoms with Crippen molar-refractivity contribution in [3.05, 3.63) is 23.9 Å². The summed E-state index contributed by atoms with van der Waals surface area (Å²) in [5.74, 6) is 0.570. The summed E-state index contributed by atoms with van der Waals surface area (Å²) in [5.41, 5.74) is 0.803. The van der Waals surface area contributed by atoms with E-state index < -0.39 is 12.8 Å². The van der Waals surface area contributed by atoms with E-state index in [0.29, 0.717) is 31.8 Å². The maximum absolute atomic E-state index is 12.1. The van der Waals surface area contributed by atoms with Crippen molar-refractivity contribution in [2.24, 2.45) is 4.99 Å². The van der Waals surface area contributed by atoms with E-state index in [-0.39, 0.29) is 29.9 Å². The fourth-order valence-electron chi connectivity index (χ4n) is 2.97. The molecule has 0 atom stereocenters. The highest BCUT2D eigenvalue weighted by atomic mass is 127. The van der Waals surface area contributed by atoms with E-state index in [2.05, 4.69) is 25.3 Å². The molecule has 6 nitrogen and oxygen atoms in total. The van der Waals surface area contributed by atoms with Gasteiger partial charge in [0.2, 0.25) is 5.88 Å². The third-order valence-corrected chi connectivity index (χ3v) is 4.42. The number of hydrogen-bond acceptors (Lipinski definition) is 4. The summed E-state index contributed by atoms with van der Waals surface area (Å²) in [6.45, 7) is 0.365. The van der Waals surface area contributed by atoms with Crippen LogP contribution in [-0.2, 0) is 11.3 Å². The Morgan fingerprint density at radius 1 is 1.17 bits per heavy atom. The summed E-state index contributed by atoms with van der Waals surface area (Å²) in [7, 11) is 1.67. The van der Waals surface area contributed by atoms with Crippen LogP contribution in [0.4, 0.5) is 13.2 Å². The largest absolute Gasteiger partial charge is 0.468 e. The lowest BCUT2D eigenvalue weighted by molar-refractivity contribution is -0.154. The van der Waals surface area contributed by atoms with Crippen molar-refractivity contribution in [2.75, 3.05) is 26.8 Å². The second-order valence-electron chi connectivity index (χ2n) is 6.75. The maximum atomic E-state index is 12.1. The fraction of sp³-hybridized carbons (Fsp3) is 0.684. The van der Waals surface area contributed by atoms with Gasteiger partial charge in [-0.1, -0.05) is 31.7 Å². The van der Waals surface area contributed by atoms with Crippen LogP contribution in [0.15, 0.2) is 23.3 Å². The molecule has 1 aliphatic rings. The average molecular weight is 530 g/mol. The van der Waals surface area contributed by atoms with Crippen LogP contribution in [-0.4, -0.2) is 50.0 Å². The Morgan fingerprint density at radius 3 is 2.48 bits per heavy atom. The Balaban J connectivity index is 0.00000420. The van der Waals surface area contributed by atoms with E-state index in [1.807, 2.05) is 0 Å². The van der Waals surface area contributed by atoms with Crippen molar-refractivity contribution >= 4 is 29.9 Å². The second-order valence-corrected chi connectivity index (χ2v) is 6.75. The van der Waals surface area contributed by atoms with Crippen LogP contribution in [0.3, 0.4) is 0 Å². The van der Waals surface area contributed by atoms with Gasteiger partial charge < -0.3 is 20.1 Å². The number of aromatic nitrogens is 1. The van der Waals surface area contributed by atoms with Crippen molar-refractivity contribution < 1.29 is 22.6 Å². The van der Waals surface area contributed by atoms with Gasteiger partial charge in [0, 0.05) is 32.4 Å². The Hall–Kier alpha value is -1.30. The number of rotatable bonds is 8. The van der Waals surface area contributed by atoms with Crippen molar-refractivity contribution in [3.8, 4) is 5.88 Å². The standard InChI is InChI=1S/C19H29F3N4O2.HI/c1-23-18(24-10-11-27-16-6-4-2-3-5-7-16)26-13-15-8-9-17(25-12-15)28-14-19(20,21)22;/h8-9,12,16H,2-7,10-11,13-14H2,1H3,(H2,23,24,26);1H. The van der Waals surface area contributed by atoms with Gasteiger partial charge in [-0.2, -0.15) is 13.2 Å². The van der Waals surface area contributed by atoms with Crippen LogP contribution in [0, 0.1) is 0 Å². The van der Waals surface area contributed by atoms with Gasteiger partial charge in [-0.15, -0.1) is 24.0 Å². The molecule has 0 spiro atoms. The minimum Gasteiger partial charge on any atom is -0.468 e. The molecule has 1 saturated carbocycles. The molecule has 0 unspecified atom stereocenters. The smallest absolute Gasteiger partial charge is 0.422 e. The van der Waals surface area contributed by atoms with Gasteiger partial charge in [0.05, 0.1) is 12.7 Å². The minimum atomic E-state index is -4.38. The lowest BCUT2D eigenvalue weighted by Crippen LogP contribution is -2.39. The number of guanidine groups is 1. The van der Waals surface area contributed by atoms with Crippen LogP contribution >= 0.6 is 24.0 Å². The van der Waals surface area contributed by atoms with Gasteiger partial charge >= 0.3 is 6.18 Å². The summed E-state index contributed by atoms with van der Waals surface area (Å²) in [6.07, 6.45) is 4.85. The summed E-state index contributed by atoms with van der Waals surface area (Å²) < 4.78 is 46.9. The molecule has 0 radical (unpaired) electrons. The van der Waals surface area contributed by atoms with E-state index in [0.717, 1.165) is 18.4 Å². The molecule has 2 rings (SSSR count). The monoisotopic (exact) mass is 530 g/mol. The van der Waals surface area contributed by atoms with Crippen LogP contribution in [0.2, 0.25) is 0 Å². The molecule has 0 amide bonds. The first-order valence-electron chi connectivity index (χ1n) is 9.67. The van der Waals surface area contributed by atoms with Crippen molar-refractivity contribution in [3.63, 3.8) is 0 Å². The van der Waals surface area contributed by atoms with Crippen LogP contribution in [0.1, 0.15) is 44.1 Å².